The molecule has 1 unspecified atom stereocenters. The average Bonchev–Trinajstić information content (AvgIpc) is 2.88. The average molecular weight is 308 g/mol. The highest BCUT2D eigenvalue weighted by Gasteiger charge is 2.18. The van der Waals surface area contributed by atoms with E-state index in [1.807, 2.05) is 0 Å². The highest BCUT2D eigenvalue weighted by Crippen LogP contribution is 2.19. The molecule has 2 rings (SSSR count). The van der Waals surface area contributed by atoms with Crippen LogP contribution in [0.25, 0.3) is 0 Å². The largest absolute Gasteiger partial charge is 0.476 e. The van der Waals surface area contributed by atoms with Crippen molar-refractivity contribution in [2.45, 2.75) is 19.9 Å². The maximum Gasteiger partial charge on any atom is 0.355 e. The number of amides is 1. The zero-order chi connectivity index (χ0) is 15.6. The van der Waals surface area contributed by atoms with E-state index >= 15 is 0 Å². The van der Waals surface area contributed by atoms with E-state index in [9.17, 15) is 14.0 Å². The Balaban J connectivity index is 2.12. The van der Waals surface area contributed by atoms with E-state index in [4.69, 9.17) is 5.11 Å². The molecule has 110 valence electrons. The molecule has 1 aromatic heterocycles. The number of carbonyl (C=O) groups excluding carboxylic acids is 1. The number of halogens is 1. The number of thiazole rings is 1. The van der Waals surface area contributed by atoms with Gasteiger partial charge >= 0.3 is 5.97 Å². The SMILES string of the molecule is Cc1ccc(C(=O)NC(C)c2nc(C(=O)O)cs2)c(F)c1. The van der Waals surface area contributed by atoms with Crippen LogP contribution in [0.1, 0.15) is 44.4 Å². The summed E-state index contributed by atoms with van der Waals surface area (Å²) in [7, 11) is 0. The van der Waals surface area contributed by atoms with Gasteiger partial charge in [0.15, 0.2) is 5.69 Å². The molecule has 0 saturated carbocycles. The van der Waals surface area contributed by atoms with Gasteiger partial charge < -0.3 is 10.4 Å². The van der Waals surface area contributed by atoms with E-state index in [2.05, 4.69) is 10.3 Å². The molecule has 5 nitrogen and oxygen atoms in total. The van der Waals surface area contributed by atoms with Gasteiger partial charge in [-0.2, -0.15) is 0 Å². The number of carboxylic acid groups (broad SMARTS) is 1. The number of carbonyl (C=O) groups is 2. The third kappa shape index (κ3) is 3.43. The minimum Gasteiger partial charge on any atom is -0.476 e. The predicted molar refractivity (Wildman–Crippen MR) is 76.1 cm³/mol. The molecule has 21 heavy (non-hydrogen) atoms. The molecule has 0 bridgehead atoms. The van der Waals surface area contributed by atoms with Crippen molar-refractivity contribution < 1.29 is 19.1 Å². The quantitative estimate of drug-likeness (QED) is 0.910. The molecule has 0 radical (unpaired) electrons. The number of nitrogens with zero attached hydrogens (tertiary/aromatic N) is 1. The molecule has 1 heterocycles. The molecule has 1 amide bonds. The fourth-order valence-corrected chi connectivity index (χ4v) is 2.53. The Bertz CT molecular complexity index is 699. The van der Waals surface area contributed by atoms with Gasteiger partial charge in [-0.1, -0.05) is 6.07 Å². The van der Waals surface area contributed by atoms with Crippen molar-refractivity contribution in [3.63, 3.8) is 0 Å². The minimum atomic E-state index is -1.12. The van der Waals surface area contributed by atoms with Crippen LogP contribution in [0.4, 0.5) is 4.39 Å². The number of nitrogens with one attached hydrogen (secondary N) is 1. The van der Waals surface area contributed by atoms with Crippen molar-refractivity contribution in [2.75, 3.05) is 0 Å². The smallest absolute Gasteiger partial charge is 0.355 e. The molecule has 7 heteroatoms. The lowest BCUT2D eigenvalue weighted by Crippen LogP contribution is -2.27. The summed E-state index contributed by atoms with van der Waals surface area (Å²) in [6.45, 7) is 3.39. The van der Waals surface area contributed by atoms with E-state index < -0.39 is 23.7 Å². The number of carboxylic acids is 1. The van der Waals surface area contributed by atoms with Gasteiger partial charge in [0.1, 0.15) is 10.8 Å². The molecule has 0 spiro atoms. The first-order chi connectivity index (χ1) is 9.88. The molecule has 0 aliphatic carbocycles. The first-order valence-corrected chi connectivity index (χ1v) is 7.02. The first-order valence-electron chi connectivity index (χ1n) is 6.14. The summed E-state index contributed by atoms with van der Waals surface area (Å²) >= 11 is 1.13. The van der Waals surface area contributed by atoms with Crippen LogP contribution in [0.2, 0.25) is 0 Å². The maximum atomic E-state index is 13.7. The van der Waals surface area contributed by atoms with E-state index in [1.54, 1.807) is 19.9 Å². The van der Waals surface area contributed by atoms with Crippen molar-refractivity contribution in [3.05, 3.63) is 51.2 Å². The molecule has 2 aromatic rings. The molecule has 0 aliphatic rings. The Labute approximate surface area is 124 Å². The number of rotatable bonds is 4. The zero-order valence-corrected chi connectivity index (χ0v) is 12.2. The second-order valence-electron chi connectivity index (χ2n) is 4.55. The van der Waals surface area contributed by atoms with Crippen molar-refractivity contribution in [3.8, 4) is 0 Å². The highest BCUT2D eigenvalue weighted by molar-refractivity contribution is 7.09. The van der Waals surface area contributed by atoms with Crippen molar-refractivity contribution in [1.29, 1.82) is 0 Å². The topological polar surface area (TPSA) is 79.3 Å². The van der Waals surface area contributed by atoms with Gasteiger partial charge in [0, 0.05) is 5.38 Å². The second kappa shape index (κ2) is 6.01. The van der Waals surface area contributed by atoms with E-state index in [1.165, 1.54) is 17.5 Å². The predicted octanol–water partition coefficient (Wildman–Crippen LogP) is 2.78. The third-order valence-corrected chi connectivity index (χ3v) is 3.86. The summed E-state index contributed by atoms with van der Waals surface area (Å²) < 4.78 is 13.7. The van der Waals surface area contributed by atoms with Crippen molar-refractivity contribution in [1.82, 2.24) is 10.3 Å². The Kier molecular flexibility index (Phi) is 4.32. The monoisotopic (exact) mass is 308 g/mol. The van der Waals surface area contributed by atoms with Crippen LogP contribution in [0.15, 0.2) is 23.6 Å². The van der Waals surface area contributed by atoms with Crippen LogP contribution in [0.5, 0.6) is 0 Å². The summed E-state index contributed by atoms with van der Waals surface area (Å²) in [4.78, 5) is 26.7. The molecule has 0 saturated heterocycles. The van der Waals surface area contributed by atoms with Crippen LogP contribution in [-0.2, 0) is 0 Å². The molecule has 1 aromatic carbocycles. The third-order valence-electron chi connectivity index (χ3n) is 2.83. The standard InChI is InChI=1S/C14H13FN2O3S/c1-7-3-4-9(10(15)5-7)12(18)16-8(2)13-17-11(6-21-13)14(19)20/h3-6,8H,1-2H3,(H,16,18)(H,19,20). The maximum absolute atomic E-state index is 13.7. The van der Waals surface area contributed by atoms with Gasteiger partial charge in [-0.25, -0.2) is 14.2 Å². The number of aryl methyl sites for hydroxylation is 1. The Morgan fingerprint density at radius 2 is 2.14 bits per heavy atom. The number of aromatic carboxylic acids is 1. The summed E-state index contributed by atoms with van der Waals surface area (Å²) in [6, 6.07) is 3.84. The summed E-state index contributed by atoms with van der Waals surface area (Å²) in [6.07, 6.45) is 0. The summed E-state index contributed by atoms with van der Waals surface area (Å²) in [5.74, 6) is -2.28. The van der Waals surface area contributed by atoms with Gasteiger partial charge in [0.05, 0.1) is 11.6 Å². The number of hydrogen-bond donors (Lipinski definition) is 2. The van der Waals surface area contributed by atoms with E-state index in [-0.39, 0.29) is 11.3 Å². The fraction of sp³-hybridized carbons (Fsp3) is 0.214. The highest BCUT2D eigenvalue weighted by atomic mass is 32.1. The van der Waals surface area contributed by atoms with E-state index in [0.29, 0.717) is 5.01 Å². The van der Waals surface area contributed by atoms with Gasteiger partial charge in [-0.05, 0) is 31.5 Å². The Morgan fingerprint density at radius 3 is 2.71 bits per heavy atom. The minimum absolute atomic E-state index is 0.0533. The van der Waals surface area contributed by atoms with Crippen molar-refractivity contribution in [2.24, 2.45) is 0 Å². The van der Waals surface area contributed by atoms with Crippen molar-refractivity contribution >= 4 is 23.2 Å². The molecule has 0 aliphatic heterocycles. The van der Waals surface area contributed by atoms with Gasteiger partial charge in [0.25, 0.3) is 5.91 Å². The summed E-state index contributed by atoms with van der Waals surface area (Å²) in [5, 5.41) is 13.3. The lowest BCUT2D eigenvalue weighted by Gasteiger charge is -2.11. The second-order valence-corrected chi connectivity index (χ2v) is 5.44. The van der Waals surface area contributed by atoms with Crippen LogP contribution in [-0.4, -0.2) is 22.0 Å². The first kappa shape index (κ1) is 15.1. The van der Waals surface area contributed by atoms with Crippen LogP contribution in [0.3, 0.4) is 0 Å². The van der Waals surface area contributed by atoms with E-state index in [0.717, 1.165) is 16.9 Å². The van der Waals surface area contributed by atoms with Gasteiger partial charge in [0.2, 0.25) is 0 Å². The van der Waals surface area contributed by atoms with Crippen LogP contribution in [0, 0.1) is 12.7 Å². The summed E-state index contributed by atoms with van der Waals surface area (Å²) in [5.41, 5.74) is 0.600. The lowest BCUT2D eigenvalue weighted by atomic mass is 10.1. The Hall–Kier alpha value is -2.28. The molecular weight excluding hydrogens is 295 g/mol. The van der Waals surface area contributed by atoms with Crippen LogP contribution < -0.4 is 5.32 Å². The normalized spacial score (nSPS) is 12.0. The lowest BCUT2D eigenvalue weighted by molar-refractivity contribution is 0.0691. The zero-order valence-electron chi connectivity index (χ0n) is 11.4. The fourth-order valence-electron chi connectivity index (χ4n) is 1.73. The van der Waals surface area contributed by atoms with Gasteiger partial charge in [-0.3, -0.25) is 4.79 Å². The molecule has 0 fully saturated rings. The Morgan fingerprint density at radius 1 is 1.43 bits per heavy atom. The number of hydrogen-bond acceptors (Lipinski definition) is 4. The number of benzene rings is 1. The molecular formula is C14H13FN2O3S. The molecule has 1 atom stereocenters. The van der Waals surface area contributed by atoms with Gasteiger partial charge in [-0.15, -0.1) is 11.3 Å². The number of aromatic nitrogens is 1. The van der Waals surface area contributed by atoms with Crippen LogP contribution >= 0.6 is 11.3 Å². The molecule has 2 N–H and O–H groups in total.